The highest BCUT2D eigenvalue weighted by Crippen LogP contribution is 2.25. The lowest BCUT2D eigenvalue weighted by Gasteiger charge is -2.10. The van der Waals surface area contributed by atoms with Gasteiger partial charge in [-0.2, -0.15) is 16.6 Å². The summed E-state index contributed by atoms with van der Waals surface area (Å²) < 4.78 is 42.0. The fourth-order valence-corrected chi connectivity index (χ4v) is 4.29. The van der Waals surface area contributed by atoms with E-state index in [4.69, 9.17) is 0 Å². The number of halogens is 1. The van der Waals surface area contributed by atoms with Gasteiger partial charge in [0.25, 0.3) is 0 Å². The summed E-state index contributed by atoms with van der Waals surface area (Å²) in [5, 5.41) is 16.8. The van der Waals surface area contributed by atoms with Gasteiger partial charge in [-0.15, -0.1) is 10.2 Å². The Balaban J connectivity index is 1.61. The summed E-state index contributed by atoms with van der Waals surface area (Å²) in [7, 11) is -3.90. The largest absolute Gasteiger partial charge is 0.256 e. The number of benzene rings is 1. The van der Waals surface area contributed by atoms with E-state index in [0.29, 0.717) is 5.69 Å². The Bertz CT molecular complexity index is 1190. The first kappa shape index (κ1) is 18.3. The molecule has 3 heterocycles. The maximum Gasteiger partial charge on any atom is 0.240 e. The Kier molecular flexibility index (Phi) is 4.94. The van der Waals surface area contributed by atoms with E-state index in [1.165, 1.54) is 23.5 Å². The Morgan fingerprint density at radius 2 is 2.11 bits per heavy atom. The van der Waals surface area contributed by atoms with Crippen molar-refractivity contribution in [3.63, 3.8) is 0 Å². The van der Waals surface area contributed by atoms with Crippen LogP contribution in [0.5, 0.6) is 0 Å². The lowest BCUT2D eigenvalue weighted by Crippen LogP contribution is -2.23. The lowest BCUT2D eigenvalue weighted by molar-refractivity contribution is 0.580. The number of aromatic amines is 1. The summed E-state index contributed by atoms with van der Waals surface area (Å²) in [6.07, 6.45) is 1.65. The van der Waals surface area contributed by atoms with Crippen molar-refractivity contribution in [2.75, 3.05) is 0 Å². The van der Waals surface area contributed by atoms with Gasteiger partial charge in [0.05, 0.1) is 16.2 Å². The number of thiophene rings is 1. The molecule has 11 heteroatoms. The number of pyridine rings is 1. The molecule has 0 spiro atoms. The zero-order valence-electron chi connectivity index (χ0n) is 14.2. The standard InChI is InChI=1S/C17H13FN6O2S2/c18-15-4-3-13(8-14(15)17-21-23-24-22-17)28(25,26)20-9-11-2-1-6-19-16(11)12-5-7-27-10-12/h1-8,10,20H,9H2,(H,21,22,23,24). The van der Waals surface area contributed by atoms with Gasteiger partial charge >= 0.3 is 0 Å². The highest BCUT2D eigenvalue weighted by Gasteiger charge is 2.19. The number of hydrogen-bond donors (Lipinski definition) is 2. The van der Waals surface area contributed by atoms with E-state index in [1.807, 2.05) is 16.8 Å². The number of H-pyrrole nitrogens is 1. The highest BCUT2D eigenvalue weighted by atomic mass is 32.2. The van der Waals surface area contributed by atoms with Crippen LogP contribution in [0, 0.1) is 5.82 Å². The van der Waals surface area contributed by atoms with Crippen LogP contribution in [0.25, 0.3) is 22.6 Å². The van der Waals surface area contributed by atoms with Crippen molar-refractivity contribution in [2.24, 2.45) is 0 Å². The molecule has 0 amide bonds. The molecule has 0 fully saturated rings. The van der Waals surface area contributed by atoms with Gasteiger partial charge in [0.15, 0.2) is 0 Å². The van der Waals surface area contributed by atoms with Crippen LogP contribution in [0.3, 0.4) is 0 Å². The van der Waals surface area contributed by atoms with Gasteiger partial charge in [-0.1, -0.05) is 6.07 Å². The van der Waals surface area contributed by atoms with E-state index in [0.717, 1.165) is 17.2 Å². The molecule has 28 heavy (non-hydrogen) atoms. The van der Waals surface area contributed by atoms with Crippen LogP contribution < -0.4 is 4.72 Å². The third-order valence-corrected chi connectivity index (χ3v) is 6.06. The molecule has 142 valence electrons. The molecule has 0 aliphatic carbocycles. The van der Waals surface area contributed by atoms with Crippen LogP contribution in [0.1, 0.15) is 5.56 Å². The minimum atomic E-state index is -3.90. The van der Waals surface area contributed by atoms with E-state index in [1.54, 1.807) is 18.3 Å². The van der Waals surface area contributed by atoms with Crippen LogP contribution in [0.15, 0.2) is 58.3 Å². The van der Waals surface area contributed by atoms with Gasteiger partial charge in [0.2, 0.25) is 15.8 Å². The molecule has 0 saturated carbocycles. The Morgan fingerprint density at radius 3 is 2.86 bits per heavy atom. The zero-order valence-corrected chi connectivity index (χ0v) is 15.8. The number of nitrogens with one attached hydrogen (secondary N) is 2. The monoisotopic (exact) mass is 416 g/mol. The normalized spacial score (nSPS) is 11.6. The minimum Gasteiger partial charge on any atom is -0.256 e. The predicted octanol–water partition coefficient (Wildman–Crippen LogP) is 2.61. The molecule has 1 aromatic carbocycles. The molecule has 0 saturated heterocycles. The summed E-state index contributed by atoms with van der Waals surface area (Å²) >= 11 is 1.53. The van der Waals surface area contributed by atoms with Gasteiger partial charge in [0, 0.05) is 23.7 Å². The number of nitrogens with zero attached hydrogens (tertiary/aromatic N) is 4. The number of tetrazole rings is 1. The zero-order chi connectivity index (χ0) is 19.6. The molecule has 0 unspecified atom stereocenters. The average molecular weight is 416 g/mol. The van der Waals surface area contributed by atoms with Gasteiger partial charge in [0.1, 0.15) is 5.82 Å². The molecule has 0 aliphatic heterocycles. The smallest absolute Gasteiger partial charge is 0.240 e. The summed E-state index contributed by atoms with van der Waals surface area (Å²) in [6, 6.07) is 8.88. The molecular formula is C17H13FN6O2S2. The Morgan fingerprint density at radius 1 is 1.21 bits per heavy atom. The van der Waals surface area contributed by atoms with Crippen molar-refractivity contribution in [2.45, 2.75) is 11.4 Å². The third-order valence-electron chi connectivity index (χ3n) is 3.97. The summed E-state index contributed by atoms with van der Waals surface area (Å²) in [5.41, 5.74) is 2.29. The second kappa shape index (κ2) is 7.54. The van der Waals surface area contributed by atoms with Crippen molar-refractivity contribution >= 4 is 21.4 Å². The average Bonchev–Trinajstić information content (AvgIpc) is 3.41. The van der Waals surface area contributed by atoms with Crippen molar-refractivity contribution in [3.8, 4) is 22.6 Å². The molecule has 2 N–H and O–H groups in total. The number of hydrogen-bond acceptors (Lipinski definition) is 7. The third kappa shape index (κ3) is 3.67. The van der Waals surface area contributed by atoms with Crippen LogP contribution >= 0.6 is 11.3 Å². The second-order valence-corrected chi connectivity index (χ2v) is 8.27. The van der Waals surface area contributed by atoms with Crippen LogP contribution in [-0.4, -0.2) is 34.0 Å². The molecule has 4 rings (SSSR count). The van der Waals surface area contributed by atoms with Gasteiger partial charge in [-0.05, 0) is 46.5 Å². The van der Waals surface area contributed by atoms with Gasteiger partial charge < -0.3 is 0 Å². The fourth-order valence-electron chi connectivity index (χ4n) is 2.62. The van der Waals surface area contributed by atoms with Crippen LogP contribution in [0.4, 0.5) is 4.39 Å². The SMILES string of the molecule is O=S(=O)(NCc1cccnc1-c1ccsc1)c1ccc(F)c(-c2nn[nH]n2)c1. The minimum absolute atomic E-state index is 0.0263. The summed E-state index contributed by atoms with van der Waals surface area (Å²) in [5.74, 6) is -0.672. The maximum absolute atomic E-state index is 14.0. The molecule has 3 aromatic heterocycles. The van der Waals surface area contributed by atoms with E-state index in [-0.39, 0.29) is 22.8 Å². The van der Waals surface area contributed by atoms with E-state index in [2.05, 4.69) is 30.3 Å². The Labute approximate surface area is 163 Å². The van der Waals surface area contributed by atoms with Gasteiger partial charge in [-0.3, -0.25) is 4.98 Å². The van der Waals surface area contributed by atoms with Crippen LogP contribution in [0.2, 0.25) is 0 Å². The summed E-state index contributed by atoms with van der Waals surface area (Å²) in [6.45, 7) is 0.0380. The topological polar surface area (TPSA) is 114 Å². The lowest BCUT2D eigenvalue weighted by atomic mass is 10.1. The number of aromatic nitrogens is 5. The predicted molar refractivity (Wildman–Crippen MR) is 101 cm³/mol. The quantitative estimate of drug-likeness (QED) is 0.499. The molecule has 0 atom stereocenters. The van der Waals surface area contributed by atoms with Crippen LogP contribution in [-0.2, 0) is 16.6 Å². The molecule has 0 radical (unpaired) electrons. The maximum atomic E-state index is 14.0. The summed E-state index contributed by atoms with van der Waals surface area (Å²) in [4.78, 5) is 4.25. The molecule has 0 bridgehead atoms. The van der Waals surface area contributed by atoms with Gasteiger partial charge in [-0.25, -0.2) is 17.5 Å². The van der Waals surface area contributed by atoms with E-state index >= 15 is 0 Å². The highest BCUT2D eigenvalue weighted by molar-refractivity contribution is 7.89. The first-order chi connectivity index (χ1) is 13.5. The number of rotatable bonds is 6. The van der Waals surface area contributed by atoms with Crippen molar-refractivity contribution in [3.05, 3.63) is 64.7 Å². The molecule has 4 aromatic rings. The van der Waals surface area contributed by atoms with E-state index in [9.17, 15) is 12.8 Å². The number of sulfonamides is 1. The van der Waals surface area contributed by atoms with Crippen molar-refractivity contribution in [1.29, 1.82) is 0 Å². The second-order valence-electron chi connectivity index (χ2n) is 5.72. The first-order valence-electron chi connectivity index (χ1n) is 8.04. The molecule has 8 nitrogen and oxygen atoms in total. The molecular weight excluding hydrogens is 403 g/mol. The Hall–Kier alpha value is -3.02. The van der Waals surface area contributed by atoms with Crippen molar-refractivity contribution in [1.82, 2.24) is 30.3 Å². The van der Waals surface area contributed by atoms with Crippen molar-refractivity contribution < 1.29 is 12.8 Å². The van der Waals surface area contributed by atoms with E-state index < -0.39 is 15.8 Å². The first-order valence-corrected chi connectivity index (χ1v) is 10.5. The molecule has 0 aliphatic rings. The fraction of sp³-hybridized carbons (Fsp3) is 0.0588.